The van der Waals surface area contributed by atoms with Crippen LogP contribution in [0.2, 0.25) is 0 Å². The summed E-state index contributed by atoms with van der Waals surface area (Å²) in [6.45, 7) is 2.18. The third-order valence-corrected chi connectivity index (χ3v) is 5.95. The van der Waals surface area contributed by atoms with Crippen molar-refractivity contribution in [1.82, 2.24) is 0 Å². The molecule has 0 N–H and O–H groups in total. The highest BCUT2D eigenvalue weighted by molar-refractivity contribution is 6.16. The van der Waals surface area contributed by atoms with Crippen molar-refractivity contribution >= 4 is 33.2 Å². The Morgan fingerprint density at radius 2 is 1.74 bits per heavy atom. The molecule has 0 saturated carbocycles. The topological polar surface area (TPSA) is 9.23 Å². The first kappa shape index (κ1) is 16.4. The summed E-state index contributed by atoms with van der Waals surface area (Å²) in [5.41, 5.74) is 6.77. The van der Waals surface area contributed by atoms with Gasteiger partial charge in [0.05, 0.1) is 7.11 Å². The van der Waals surface area contributed by atoms with Gasteiger partial charge in [0.15, 0.2) is 0 Å². The van der Waals surface area contributed by atoms with Crippen LogP contribution in [-0.2, 0) is 6.42 Å². The second-order valence-corrected chi connectivity index (χ2v) is 7.61. The summed E-state index contributed by atoms with van der Waals surface area (Å²) < 4.78 is 6.05. The van der Waals surface area contributed by atoms with Gasteiger partial charge in [0.2, 0.25) is 0 Å². The first-order valence-corrected chi connectivity index (χ1v) is 9.86. The lowest BCUT2D eigenvalue weighted by molar-refractivity contribution is 0.418. The lowest BCUT2D eigenvalue weighted by Gasteiger charge is -2.22. The van der Waals surface area contributed by atoms with Crippen molar-refractivity contribution in [3.8, 4) is 5.75 Å². The van der Waals surface area contributed by atoms with E-state index in [1.807, 2.05) is 7.11 Å². The van der Waals surface area contributed by atoms with Gasteiger partial charge >= 0.3 is 0 Å². The van der Waals surface area contributed by atoms with Gasteiger partial charge in [-0.2, -0.15) is 0 Å². The van der Waals surface area contributed by atoms with Crippen LogP contribution in [0.5, 0.6) is 5.75 Å². The third-order valence-electron chi connectivity index (χ3n) is 5.95. The van der Waals surface area contributed by atoms with E-state index in [4.69, 9.17) is 4.74 Å². The van der Waals surface area contributed by atoms with Crippen molar-refractivity contribution in [2.24, 2.45) is 0 Å². The fraction of sp³-hybridized carbons (Fsp3) is 0.231. The lowest BCUT2D eigenvalue weighted by Crippen LogP contribution is -2.01. The zero-order valence-corrected chi connectivity index (χ0v) is 16.0. The Bertz CT molecular complexity index is 1160. The van der Waals surface area contributed by atoms with Gasteiger partial charge in [-0.3, -0.25) is 0 Å². The number of aryl methyl sites for hydroxylation is 2. The second kappa shape index (κ2) is 6.42. The van der Waals surface area contributed by atoms with E-state index in [1.165, 1.54) is 49.4 Å². The minimum atomic E-state index is 1.02. The van der Waals surface area contributed by atoms with Crippen molar-refractivity contribution < 1.29 is 4.74 Å². The average Bonchev–Trinajstić information content (AvgIpc) is 2.73. The Hall–Kier alpha value is -2.80. The number of methoxy groups -OCH3 is 1. The van der Waals surface area contributed by atoms with E-state index in [0.717, 1.165) is 31.4 Å². The van der Waals surface area contributed by atoms with E-state index in [0.29, 0.717) is 0 Å². The summed E-state index contributed by atoms with van der Waals surface area (Å²) in [4.78, 5) is 0. The summed E-state index contributed by atoms with van der Waals surface area (Å²) in [6.07, 6.45) is 15.6. The van der Waals surface area contributed by atoms with Crippen LogP contribution in [0.1, 0.15) is 41.5 Å². The molecule has 0 spiro atoms. The Morgan fingerprint density at radius 3 is 2.56 bits per heavy atom. The Kier molecular flexibility index (Phi) is 3.89. The maximum absolute atomic E-state index is 6.05. The number of fused-ring (bicyclic) bond motifs is 6. The van der Waals surface area contributed by atoms with E-state index in [-0.39, 0.29) is 0 Å². The van der Waals surface area contributed by atoms with E-state index in [2.05, 4.69) is 67.6 Å². The molecular weight excluding hydrogens is 328 g/mol. The van der Waals surface area contributed by atoms with Crippen molar-refractivity contribution in [2.45, 2.75) is 32.6 Å². The molecule has 0 unspecified atom stereocenters. The molecule has 3 aromatic rings. The van der Waals surface area contributed by atoms with E-state index in [9.17, 15) is 0 Å². The van der Waals surface area contributed by atoms with Crippen LogP contribution in [0.3, 0.4) is 0 Å². The summed E-state index contributed by atoms with van der Waals surface area (Å²) in [5, 5.41) is 5.26. The fourth-order valence-corrected chi connectivity index (χ4v) is 4.69. The minimum absolute atomic E-state index is 1.02. The van der Waals surface area contributed by atoms with Crippen molar-refractivity contribution in [2.75, 3.05) is 7.11 Å². The number of hydrogen-bond donors (Lipinski definition) is 0. The molecule has 2 aliphatic rings. The average molecular weight is 352 g/mol. The van der Waals surface area contributed by atoms with E-state index < -0.39 is 0 Å². The molecule has 5 rings (SSSR count). The molecule has 0 atom stereocenters. The quantitative estimate of drug-likeness (QED) is 0.451. The molecule has 1 heteroatoms. The summed E-state index contributed by atoms with van der Waals surface area (Å²) in [6, 6.07) is 11.4. The molecule has 0 aliphatic heterocycles. The molecule has 3 aromatic carbocycles. The molecule has 0 amide bonds. The Balaban J connectivity index is 1.95. The molecule has 27 heavy (non-hydrogen) atoms. The van der Waals surface area contributed by atoms with Gasteiger partial charge in [0, 0.05) is 10.9 Å². The highest BCUT2D eigenvalue weighted by Gasteiger charge is 2.20. The second-order valence-electron chi connectivity index (χ2n) is 7.61. The highest BCUT2D eigenvalue weighted by atomic mass is 16.5. The summed E-state index contributed by atoms with van der Waals surface area (Å²) >= 11 is 0. The standard InChI is InChI=1S/C26H24O/c1-17-12-13-23-24(16-17)21-11-7-6-10-20(21)22-15-14-19(26(27-2)25(22)23)18-8-4-3-5-9-18/h3-4,6,8,10,12-16H,5,7,9,11H2,1-2H3. The smallest absolute Gasteiger partial charge is 0.134 e. The molecule has 0 fully saturated rings. The molecular formula is C26H24O. The van der Waals surface area contributed by atoms with Gasteiger partial charge in [-0.1, -0.05) is 66.3 Å². The van der Waals surface area contributed by atoms with Gasteiger partial charge in [0.25, 0.3) is 0 Å². The maximum Gasteiger partial charge on any atom is 0.134 e. The van der Waals surface area contributed by atoms with Crippen LogP contribution in [0.15, 0.2) is 54.6 Å². The number of ether oxygens (including phenoxy) is 1. The van der Waals surface area contributed by atoms with Crippen LogP contribution >= 0.6 is 0 Å². The van der Waals surface area contributed by atoms with E-state index in [1.54, 1.807) is 0 Å². The molecule has 0 saturated heterocycles. The van der Waals surface area contributed by atoms with Crippen LogP contribution in [0.4, 0.5) is 0 Å². The van der Waals surface area contributed by atoms with Crippen LogP contribution in [0, 0.1) is 6.92 Å². The minimum Gasteiger partial charge on any atom is -0.495 e. The van der Waals surface area contributed by atoms with Gasteiger partial charge in [-0.05, 0) is 65.5 Å². The van der Waals surface area contributed by atoms with Crippen LogP contribution < -0.4 is 4.74 Å². The van der Waals surface area contributed by atoms with Gasteiger partial charge < -0.3 is 4.74 Å². The Labute approximate surface area is 160 Å². The maximum atomic E-state index is 6.05. The summed E-state index contributed by atoms with van der Waals surface area (Å²) in [7, 11) is 1.81. The lowest BCUT2D eigenvalue weighted by atomic mass is 9.84. The monoisotopic (exact) mass is 352 g/mol. The SMILES string of the molecule is COc1c(C2=CC=CCC2)ccc2c3c(c4cc(C)ccc4c12)CCC=C3. The molecule has 0 aromatic heterocycles. The molecule has 0 radical (unpaired) electrons. The third kappa shape index (κ3) is 2.53. The van der Waals surface area contributed by atoms with E-state index >= 15 is 0 Å². The Morgan fingerprint density at radius 1 is 0.889 bits per heavy atom. The van der Waals surface area contributed by atoms with Crippen LogP contribution in [-0.4, -0.2) is 7.11 Å². The molecule has 0 bridgehead atoms. The van der Waals surface area contributed by atoms with Crippen LogP contribution in [0.25, 0.3) is 33.2 Å². The number of benzene rings is 3. The summed E-state index contributed by atoms with van der Waals surface area (Å²) in [5.74, 6) is 1.02. The molecule has 1 nitrogen and oxygen atoms in total. The zero-order valence-electron chi connectivity index (χ0n) is 16.0. The zero-order chi connectivity index (χ0) is 18.4. The van der Waals surface area contributed by atoms with Gasteiger partial charge in [-0.25, -0.2) is 0 Å². The molecule has 2 aliphatic carbocycles. The molecule has 0 heterocycles. The fourth-order valence-electron chi connectivity index (χ4n) is 4.69. The van der Waals surface area contributed by atoms with Gasteiger partial charge in [-0.15, -0.1) is 0 Å². The number of allylic oxidation sites excluding steroid dienone is 5. The largest absolute Gasteiger partial charge is 0.495 e. The van der Waals surface area contributed by atoms with Crippen molar-refractivity contribution in [3.05, 3.63) is 76.9 Å². The normalized spacial score (nSPS) is 15.9. The predicted octanol–water partition coefficient (Wildman–Crippen LogP) is 7.00. The van der Waals surface area contributed by atoms with Gasteiger partial charge in [0.1, 0.15) is 5.75 Å². The number of hydrogen-bond acceptors (Lipinski definition) is 1. The van der Waals surface area contributed by atoms with Crippen molar-refractivity contribution in [1.29, 1.82) is 0 Å². The molecule has 134 valence electrons. The first-order valence-electron chi connectivity index (χ1n) is 9.86. The highest BCUT2D eigenvalue weighted by Crippen LogP contribution is 2.44. The first-order chi connectivity index (χ1) is 13.3. The van der Waals surface area contributed by atoms with Crippen molar-refractivity contribution in [3.63, 3.8) is 0 Å². The number of rotatable bonds is 2. The predicted molar refractivity (Wildman–Crippen MR) is 116 cm³/mol.